The second-order valence-corrected chi connectivity index (χ2v) is 5.92. The molecule has 0 bridgehead atoms. The first-order valence-electron chi connectivity index (χ1n) is 6.61. The average Bonchev–Trinajstić information content (AvgIpc) is 2.81. The van der Waals surface area contributed by atoms with Crippen molar-refractivity contribution >= 4 is 32.5 Å². The molecule has 3 rings (SSSR count). The summed E-state index contributed by atoms with van der Waals surface area (Å²) in [5.74, 6) is 0. The highest BCUT2D eigenvalue weighted by Gasteiger charge is 2.13. The Labute approximate surface area is 115 Å². The highest BCUT2D eigenvalue weighted by Crippen LogP contribution is 2.27. The summed E-state index contributed by atoms with van der Waals surface area (Å²) in [5, 5.41) is 2.76. The summed E-state index contributed by atoms with van der Waals surface area (Å²) in [5.41, 5.74) is 1.08. The zero-order valence-corrected chi connectivity index (χ0v) is 12.0. The van der Waals surface area contributed by atoms with E-state index in [2.05, 4.69) is 11.9 Å². The largest absolute Gasteiger partial charge is 0.298 e. The normalized spacial score (nSPS) is 11.5. The molecule has 0 amide bonds. The Morgan fingerprint density at radius 2 is 2.00 bits per heavy atom. The molecule has 0 aliphatic heterocycles. The Morgan fingerprint density at radius 3 is 2.74 bits per heavy atom. The molecule has 0 atom stereocenters. The van der Waals surface area contributed by atoms with Crippen LogP contribution in [0, 0.1) is 6.92 Å². The summed E-state index contributed by atoms with van der Waals surface area (Å²) in [6, 6.07) is 7.77. The molecule has 0 saturated heterocycles. The number of hydrogen-bond acceptors (Lipinski definition) is 3. The number of fused-ring (bicyclic) bond motifs is 3. The Balaban J connectivity index is 2.43. The van der Waals surface area contributed by atoms with Crippen molar-refractivity contribution in [2.24, 2.45) is 0 Å². The monoisotopic (exact) mass is 272 g/mol. The number of hydrogen-bond donors (Lipinski definition) is 0. The fraction of sp³-hybridized carbons (Fsp3) is 0.333. The first kappa shape index (κ1) is 12.4. The smallest absolute Gasteiger partial charge is 0.259 e. The third-order valence-corrected chi connectivity index (χ3v) is 4.35. The topological polar surface area (TPSA) is 34.9 Å². The molecule has 0 N–H and O–H groups in total. The number of unbranched alkanes of at least 4 members (excludes halogenated alkanes) is 1. The van der Waals surface area contributed by atoms with Crippen molar-refractivity contribution in [2.45, 2.75) is 33.2 Å². The third-order valence-electron chi connectivity index (χ3n) is 3.35. The molecule has 3 aromatic rings. The maximum absolute atomic E-state index is 12.6. The summed E-state index contributed by atoms with van der Waals surface area (Å²) in [7, 11) is 0. The molecule has 2 aromatic heterocycles. The summed E-state index contributed by atoms with van der Waals surface area (Å²) in [6.45, 7) is 4.91. The number of nitrogens with zero attached hydrogens (tertiary/aromatic N) is 2. The minimum absolute atomic E-state index is 0.111. The van der Waals surface area contributed by atoms with Crippen LogP contribution in [0.1, 0.15) is 24.8 Å². The second kappa shape index (κ2) is 4.78. The average molecular weight is 272 g/mol. The summed E-state index contributed by atoms with van der Waals surface area (Å²) >= 11 is 1.61. The maximum Gasteiger partial charge on any atom is 0.259 e. The Bertz CT molecular complexity index is 801. The van der Waals surface area contributed by atoms with E-state index in [1.807, 2.05) is 35.8 Å². The quantitative estimate of drug-likeness (QED) is 0.728. The van der Waals surface area contributed by atoms with Crippen LogP contribution in [-0.2, 0) is 6.54 Å². The van der Waals surface area contributed by atoms with E-state index >= 15 is 0 Å². The number of pyridine rings is 1. The Morgan fingerprint density at radius 1 is 1.26 bits per heavy atom. The fourth-order valence-electron chi connectivity index (χ4n) is 2.41. The Hall–Kier alpha value is -1.68. The van der Waals surface area contributed by atoms with E-state index in [1.54, 1.807) is 11.3 Å². The van der Waals surface area contributed by atoms with Gasteiger partial charge in [0.15, 0.2) is 0 Å². The molecule has 0 saturated carbocycles. The van der Waals surface area contributed by atoms with Gasteiger partial charge in [-0.15, -0.1) is 11.3 Å². The van der Waals surface area contributed by atoms with Gasteiger partial charge in [-0.05, 0) is 19.4 Å². The molecule has 0 aliphatic carbocycles. The van der Waals surface area contributed by atoms with Crippen LogP contribution in [0.2, 0.25) is 0 Å². The van der Waals surface area contributed by atoms with E-state index < -0.39 is 0 Å². The SMILES string of the molecule is CCCCn1c(=O)c2ccccc2c2nc(C)sc21. The molecule has 0 fully saturated rings. The highest BCUT2D eigenvalue weighted by molar-refractivity contribution is 7.18. The lowest BCUT2D eigenvalue weighted by Crippen LogP contribution is -2.20. The van der Waals surface area contributed by atoms with Crippen LogP contribution >= 0.6 is 11.3 Å². The maximum atomic E-state index is 12.6. The predicted molar refractivity (Wildman–Crippen MR) is 81.0 cm³/mol. The van der Waals surface area contributed by atoms with Gasteiger partial charge in [0.25, 0.3) is 5.56 Å². The lowest BCUT2D eigenvalue weighted by atomic mass is 10.1. The van der Waals surface area contributed by atoms with Gasteiger partial charge >= 0.3 is 0 Å². The van der Waals surface area contributed by atoms with Crippen molar-refractivity contribution in [1.29, 1.82) is 0 Å². The van der Waals surface area contributed by atoms with Crippen LogP contribution < -0.4 is 5.56 Å². The number of benzene rings is 1. The van der Waals surface area contributed by atoms with Crippen molar-refractivity contribution in [1.82, 2.24) is 9.55 Å². The van der Waals surface area contributed by atoms with Crippen molar-refractivity contribution in [3.8, 4) is 0 Å². The lowest BCUT2D eigenvalue weighted by Gasteiger charge is -2.08. The summed E-state index contributed by atoms with van der Waals surface area (Å²) in [4.78, 5) is 18.2. The van der Waals surface area contributed by atoms with Gasteiger partial charge < -0.3 is 0 Å². The van der Waals surface area contributed by atoms with E-state index in [-0.39, 0.29) is 5.56 Å². The predicted octanol–water partition coefficient (Wildman–Crippen LogP) is 3.72. The van der Waals surface area contributed by atoms with Gasteiger partial charge in [0.1, 0.15) is 10.3 Å². The van der Waals surface area contributed by atoms with E-state index in [9.17, 15) is 4.79 Å². The van der Waals surface area contributed by atoms with Crippen molar-refractivity contribution in [3.63, 3.8) is 0 Å². The van der Waals surface area contributed by atoms with Crippen molar-refractivity contribution in [3.05, 3.63) is 39.6 Å². The van der Waals surface area contributed by atoms with Crippen LogP contribution in [0.15, 0.2) is 29.1 Å². The van der Waals surface area contributed by atoms with E-state index in [4.69, 9.17) is 0 Å². The molecule has 0 radical (unpaired) electrons. The molecule has 1 aromatic carbocycles. The van der Waals surface area contributed by atoms with Gasteiger partial charge in [-0.2, -0.15) is 0 Å². The zero-order chi connectivity index (χ0) is 13.4. The number of thiazole rings is 1. The summed E-state index contributed by atoms with van der Waals surface area (Å²) < 4.78 is 1.89. The molecule has 3 nitrogen and oxygen atoms in total. The molecule has 4 heteroatoms. The van der Waals surface area contributed by atoms with E-state index in [1.165, 1.54) is 0 Å². The van der Waals surface area contributed by atoms with Gasteiger partial charge in [-0.3, -0.25) is 9.36 Å². The minimum Gasteiger partial charge on any atom is -0.298 e. The first-order valence-corrected chi connectivity index (χ1v) is 7.42. The Kier molecular flexibility index (Phi) is 3.11. The fourth-order valence-corrected chi connectivity index (χ4v) is 3.36. The molecule has 98 valence electrons. The molecule has 0 spiro atoms. The molecule has 2 heterocycles. The van der Waals surface area contributed by atoms with Crippen molar-refractivity contribution in [2.75, 3.05) is 0 Å². The van der Waals surface area contributed by atoms with Crippen LogP contribution in [0.3, 0.4) is 0 Å². The van der Waals surface area contributed by atoms with Crippen LogP contribution in [0.4, 0.5) is 0 Å². The third kappa shape index (κ3) is 1.96. The van der Waals surface area contributed by atoms with Crippen LogP contribution in [0.5, 0.6) is 0 Å². The second-order valence-electron chi connectivity index (χ2n) is 4.74. The highest BCUT2D eigenvalue weighted by atomic mass is 32.1. The van der Waals surface area contributed by atoms with Crippen LogP contribution in [0.25, 0.3) is 21.1 Å². The molecular formula is C15H16N2OS. The van der Waals surface area contributed by atoms with Crippen molar-refractivity contribution < 1.29 is 0 Å². The van der Waals surface area contributed by atoms with E-state index in [0.29, 0.717) is 0 Å². The molecule has 19 heavy (non-hydrogen) atoms. The molecular weight excluding hydrogens is 256 g/mol. The van der Waals surface area contributed by atoms with Gasteiger partial charge in [0.05, 0.1) is 5.01 Å². The zero-order valence-electron chi connectivity index (χ0n) is 11.1. The van der Waals surface area contributed by atoms with Gasteiger partial charge in [-0.1, -0.05) is 31.5 Å². The number of rotatable bonds is 3. The molecule has 0 unspecified atom stereocenters. The lowest BCUT2D eigenvalue weighted by molar-refractivity contribution is 0.637. The van der Waals surface area contributed by atoms with E-state index in [0.717, 1.165) is 45.5 Å². The van der Waals surface area contributed by atoms with Gasteiger partial charge in [-0.25, -0.2) is 4.98 Å². The summed E-state index contributed by atoms with van der Waals surface area (Å²) in [6.07, 6.45) is 2.10. The first-order chi connectivity index (χ1) is 9.22. The number of aromatic nitrogens is 2. The standard InChI is InChI=1S/C15H16N2OS/c1-3-4-9-17-14(18)12-8-6-5-7-11(12)13-15(17)19-10(2)16-13/h5-8H,3-4,9H2,1-2H3. The van der Waals surface area contributed by atoms with Crippen LogP contribution in [-0.4, -0.2) is 9.55 Å². The van der Waals surface area contributed by atoms with Gasteiger partial charge in [0.2, 0.25) is 0 Å². The minimum atomic E-state index is 0.111. The van der Waals surface area contributed by atoms with Gasteiger partial charge in [0, 0.05) is 17.3 Å². The number of aryl methyl sites for hydroxylation is 2. The molecule has 0 aliphatic rings.